The number of hydrogen-bond donors (Lipinski definition) is 0. The summed E-state index contributed by atoms with van der Waals surface area (Å²) in [6.45, 7) is 2.18. The molecule has 0 saturated carbocycles. The van der Waals surface area contributed by atoms with Crippen molar-refractivity contribution >= 4 is 17.7 Å². The second kappa shape index (κ2) is 7.17. The van der Waals surface area contributed by atoms with Crippen molar-refractivity contribution in [2.75, 3.05) is 0 Å². The number of carbonyl (C=O) groups excluding carboxylic acids is 1. The van der Waals surface area contributed by atoms with E-state index in [1.807, 2.05) is 31.2 Å². The van der Waals surface area contributed by atoms with Crippen LogP contribution >= 0.6 is 0 Å². The van der Waals surface area contributed by atoms with Crippen molar-refractivity contribution in [1.29, 1.82) is 0 Å². The van der Waals surface area contributed by atoms with Crippen molar-refractivity contribution in [3.8, 4) is 0 Å². The molecule has 0 amide bonds. The van der Waals surface area contributed by atoms with Gasteiger partial charge in [-0.25, -0.2) is 4.79 Å². The zero-order valence-corrected chi connectivity index (χ0v) is 12.1. The second-order valence-electron chi connectivity index (χ2n) is 4.78. The number of hydrogen-bond acceptors (Lipinski definition) is 4. The summed E-state index contributed by atoms with van der Waals surface area (Å²) in [5, 5.41) is 10.7. The fourth-order valence-corrected chi connectivity index (χ4v) is 1.79. The molecular formula is C17H15NO4. The quantitative estimate of drug-likeness (QED) is 0.365. The Morgan fingerprint density at radius 2 is 1.95 bits per heavy atom. The average Bonchev–Trinajstić information content (AvgIpc) is 2.52. The topological polar surface area (TPSA) is 69.4 Å². The molecular weight excluding hydrogens is 282 g/mol. The highest BCUT2D eigenvalue weighted by Crippen LogP contribution is 2.14. The van der Waals surface area contributed by atoms with Crippen LogP contribution < -0.4 is 0 Å². The Labute approximate surface area is 128 Å². The van der Waals surface area contributed by atoms with Gasteiger partial charge in [0.05, 0.1) is 4.92 Å². The van der Waals surface area contributed by atoms with Crippen LogP contribution in [-0.4, -0.2) is 10.9 Å². The minimum absolute atomic E-state index is 0.0184. The molecule has 5 nitrogen and oxygen atoms in total. The molecule has 0 N–H and O–H groups in total. The normalized spacial score (nSPS) is 10.6. The van der Waals surface area contributed by atoms with Gasteiger partial charge in [0.2, 0.25) is 0 Å². The van der Waals surface area contributed by atoms with Gasteiger partial charge in [-0.05, 0) is 24.1 Å². The highest BCUT2D eigenvalue weighted by Gasteiger charge is 2.04. The van der Waals surface area contributed by atoms with Gasteiger partial charge in [0, 0.05) is 18.2 Å². The van der Waals surface area contributed by atoms with Crippen LogP contribution in [0.25, 0.3) is 6.08 Å². The van der Waals surface area contributed by atoms with Gasteiger partial charge in [-0.2, -0.15) is 0 Å². The van der Waals surface area contributed by atoms with Crippen molar-refractivity contribution in [3.63, 3.8) is 0 Å². The van der Waals surface area contributed by atoms with E-state index < -0.39 is 10.9 Å². The first-order chi connectivity index (χ1) is 10.5. The van der Waals surface area contributed by atoms with Crippen molar-refractivity contribution in [2.24, 2.45) is 0 Å². The smallest absolute Gasteiger partial charge is 0.331 e. The van der Waals surface area contributed by atoms with Crippen LogP contribution in [0.4, 0.5) is 5.69 Å². The van der Waals surface area contributed by atoms with Gasteiger partial charge in [-0.15, -0.1) is 0 Å². The standard InChI is InChI=1S/C17H15NO4/c1-13-5-7-15(8-6-13)12-22-17(19)10-9-14-3-2-4-16(11-14)18(20)21/h2-11H,12H2,1H3. The zero-order chi connectivity index (χ0) is 15.9. The van der Waals surface area contributed by atoms with E-state index in [4.69, 9.17) is 4.74 Å². The van der Waals surface area contributed by atoms with Gasteiger partial charge in [-0.1, -0.05) is 42.0 Å². The van der Waals surface area contributed by atoms with Crippen LogP contribution in [0.1, 0.15) is 16.7 Å². The van der Waals surface area contributed by atoms with Gasteiger partial charge < -0.3 is 4.74 Å². The third-order valence-electron chi connectivity index (χ3n) is 2.99. The van der Waals surface area contributed by atoms with Gasteiger partial charge in [0.25, 0.3) is 5.69 Å². The Morgan fingerprint density at radius 1 is 1.23 bits per heavy atom. The van der Waals surface area contributed by atoms with Gasteiger partial charge >= 0.3 is 5.97 Å². The van der Waals surface area contributed by atoms with Crippen LogP contribution in [0.5, 0.6) is 0 Å². The number of nitro groups is 1. The van der Waals surface area contributed by atoms with E-state index in [1.54, 1.807) is 12.1 Å². The van der Waals surface area contributed by atoms with Crippen molar-refractivity contribution in [2.45, 2.75) is 13.5 Å². The first kappa shape index (κ1) is 15.4. The fourth-order valence-electron chi connectivity index (χ4n) is 1.79. The summed E-state index contributed by atoms with van der Waals surface area (Å²) in [6.07, 6.45) is 2.75. The third kappa shape index (κ3) is 4.56. The molecule has 0 atom stereocenters. The number of esters is 1. The van der Waals surface area contributed by atoms with E-state index >= 15 is 0 Å². The zero-order valence-electron chi connectivity index (χ0n) is 12.1. The first-order valence-corrected chi connectivity index (χ1v) is 6.69. The molecule has 0 heterocycles. The number of benzene rings is 2. The molecule has 0 unspecified atom stereocenters. The Kier molecular flexibility index (Phi) is 5.03. The number of aryl methyl sites for hydroxylation is 1. The van der Waals surface area contributed by atoms with Crippen LogP contribution in [0, 0.1) is 17.0 Å². The largest absolute Gasteiger partial charge is 0.458 e. The lowest BCUT2D eigenvalue weighted by molar-refractivity contribution is -0.384. The summed E-state index contributed by atoms with van der Waals surface area (Å²) < 4.78 is 5.11. The summed E-state index contributed by atoms with van der Waals surface area (Å²) in [5.74, 6) is -0.493. The minimum atomic E-state index is -0.493. The Hall–Kier alpha value is -2.95. The lowest BCUT2D eigenvalue weighted by Gasteiger charge is -2.02. The van der Waals surface area contributed by atoms with Gasteiger partial charge in [0.1, 0.15) is 6.61 Å². The molecule has 0 saturated heterocycles. The SMILES string of the molecule is Cc1ccc(COC(=O)C=Cc2cccc([N+](=O)[O-])c2)cc1. The van der Waals surface area contributed by atoms with Crippen LogP contribution in [0.2, 0.25) is 0 Å². The third-order valence-corrected chi connectivity index (χ3v) is 2.99. The fraction of sp³-hybridized carbons (Fsp3) is 0.118. The molecule has 0 aromatic heterocycles. The van der Waals surface area contributed by atoms with E-state index in [2.05, 4.69) is 0 Å². The number of rotatable bonds is 5. The highest BCUT2D eigenvalue weighted by atomic mass is 16.6. The van der Waals surface area contributed by atoms with E-state index in [-0.39, 0.29) is 12.3 Å². The number of nitro benzene ring substituents is 1. The second-order valence-corrected chi connectivity index (χ2v) is 4.78. The number of non-ortho nitro benzene ring substituents is 1. The first-order valence-electron chi connectivity index (χ1n) is 6.69. The molecule has 2 aromatic carbocycles. The molecule has 5 heteroatoms. The predicted molar refractivity (Wildman–Crippen MR) is 83.1 cm³/mol. The van der Waals surface area contributed by atoms with Crippen molar-refractivity contribution < 1.29 is 14.5 Å². The lowest BCUT2D eigenvalue weighted by Crippen LogP contribution is -2.00. The molecule has 0 aliphatic rings. The summed E-state index contributed by atoms with van der Waals surface area (Å²) in [4.78, 5) is 21.8. The molecule has 2 rings (SSSR count). The molecule has 0 bridgehead atoms. The number of nitrogens with zero attached hydrogens (tertiary/aromatic N) is 1. The maximum absolute atomic E-state index is 11.6. The Balaban J connectivity index is 1.92. The van der Waals surface area contributed by atoms with Crippen LogP contribution in [0.15, 0.2) is 54.6 Å². The summed E-state index contributed by atoms with van der Waals surface area (Å²) in [6, 6.07) is 13.7. The van der Waals surface area contributed by atoms with Gasteiger partial charge in [-0.3, -0.25) is 10.1 Å². The average molecular weight is 297 g/mol. The van der Waals surface area contributed by atoms with E-state index in [0.717, 1.165) is 11.1 Å². The maximum atomic E-state index is 11.6. The molecule has 0 aliphatic heterocycles. The molecule has 0 fully saturated rings. The Morgan fingerprint density at radius 3 is 2.64 bits per heavy atom. The number of ether oxygens (including phenoxy) is 1. The molecule has 2 aromatic rings. The van der Waals surface area contributed by atoms with Gasteiger partial charge in [0.15, 0.2) is 0 Å². The van der Waals surface area contributed by atoms with Crippen molar-refractivity contribution in [1.82, 2.24) is 0 Å². The lowest BCUT2D eigenvalue weighted by atomic mass is 10.2. The summed E-state index contributed by atoms with van der Waals surface area (Å²) >= 11 is 0. The number of carbonyl (C=O) groups is 1. The predicted octanol–water partition coefficient (Wildman–Crippen LogP) is 3.66. The molecule has 0 spiro atoms. The maximum Gasteiger partial charge on any atom is 0.331 e. The molecule has 0 aliphatic carbocycles. The van der Waals surface area contributed by atoms with E-state index in [1.165, 1.54) is 24.3 Å². The van der Waals surface area contributed by atoms with E-state index in [0.29, 0.717) is 5.56 Å². The van der Waals surface area contributed by atoms with Crippen LogP contribution in [-0.2, 0) is 16.1 Å². The minimum Gasteiger partial charge on any atom is -0.458 e. The Bertz CT molecular complexity index is 705. The molecule has 112 valence electrons. The van der Waals surface area contributed by atoms with Crippen molar-refractivity contribution in [3.05, 3.63) is 81.4 Å². The van der Waals surface area contributed by atoms with Crippen LogP contribution in [0.3, 0.4) is 0 Å². The molecule has 0 radical (unpaired) electrons. The monoisotopic (exact) mass is 297 g/mol. The summed E-state index contributed by atoms with van der Waals surface area (Å²) in [5.41, 5.74) is 2.60. The summed E-state index contributed by atoms with van der Waals surface area (Å²) in [7, 11) is 0. The van der Waals surface area contributed by atoms with E-state index in [9.17, 15) is 14.9 Å². The highest BCUT2D eigenvalue weighted by molar-refractivity contribution is 5.87. The molecule has 22 heavy (non-hydrogen) atoms.